The maximum Gasteiger partial charge on any atom is 0.332 e. The number of amides is 1. The Hall–Kier alpha value is -1.10. The molecule has 5 nitrogen and oxygen atoms in total. The van der Waals surface area contributed by atoms with Crippen LogP contribution in [0, 0.1) is 5.92 Å². The van der Waals surface area contributed by atoms with Crippen molar-refractivity contribution >= 4 is 11.9 Å². The number of hydrogen-bond donors (Lipinski definition) is 1. The molecule has 2 saturated heterocycles. The molecule has 2 fully saturated rings. The van der Waals surface area contributed by atoms with Gasteiger partial charge in [0.1, 0.15) is 0 Å². The van der Waals surface area contributed by atoms with Gasteiger partial charge in [0.2, 0.25) is 5.91 Å². The lowest BCUT2D eigenvalue weighted by Gasteiger charge is -2.15. The van der Waals surface area contributed by atoms with Crippen LogP contribution in [0.4, 0.5) is 0 Å². The maximum atomic E-state index is 11.0. The van der Waals surface area contributed by atoms with Crippen LogP contribution in [0.15, 0.2) is 0 Å². The van der Waals surface area contributed by atoms with Crippen molar-refractivity contribution in [2.24, 2.45) is 5.92 Å². The fourth-order valence-electron chi connectivity index (χ4n) is 2.18. The third-order valence-electron chi connectivity index (χ3n) is 2.96. The summed E-state index contributed by atoms with van der Waals surface area (Å²) in [4.78, 5) is 23.4. The number of fused-ring (bicyclic) bond motifs is 1. The molecule has 14 heavy (non-hydrogen) atoms. The van der Waals surface area contributed by atoms with E-state index in [1.807, 2.05) is 0 Å². The summed E-state index contributed by atoms with van der Waals surface area (Å²) < 4.78 is 5.33. The number of hydrogen-bond acceptors (Lipinski definition) is 3. The molecule has 2 aliphatic heterocycles. The average Bonchev–Trinajstić information content (AvgIpc) is 2.57. The van der Waals surface area contributed by atoms with Crippen molar-refractivity contribution in [3.05, 3.63) is 0 Å². The van der Waals surface area contributed by atoms with E-state index < -0.39 is 12.1 Å². The van der Waals surface area contributed by atoms with Gasteiger partial charge in [-0.05, 0) is 6.42 Å². The fraction of sp³-hybridized carbons (Fsp3) is 0.778. The zero-order valence-corrected chi connectivity index (χ0v) is 7.97. The number of ether oxygens (including phenoxy) is 1. The van der Waals surface area contributed by atoms with Gasteiger partial charge < -0.3 is 14.7 Å². The van der Waals surface area contributed by atoms with Crippen LogP contribution in [0.1, 0.15) is 13.3 Å². The van der Waals surface area contributed by atoms with Crippen molar-refractivity contribution in [1.82, 2.24) is 4.90 Å². The van der Waals surface area contributed by atoms with Crippen LogP contribution < -0.4 is 0 Å². The summed E-state index contributed by atoms with van der Waals surface area (Å²) in [6.45, 7) is 2.71. The topological polar surface area (TPSA) is 66.8 Å². The molecule has 2 heterocycles. The van der Waals surface area contributed by atoms with E-state index in [1.54, 1.807) is 4.90 Å². The highest BCUT2D eigenvalue weighted by molar-refractivity contribution is 5.74. The molecular weight excluding hydrogens is 186 g/mol. The minimum absolute atomic E-state index is 0.0369. The molecule has 0 saturated carbocycles. The Kier molecular flexibility index (Phi) is 2.19. The molecule has 5 heteroatoms. The predicted octanol–water partition coefficient (Wildman–Crippen LogP) is -0.293. The van der Waals surface area contributed by atoms with Gasteiger partial charge in [-0.2, -0.15) is 0 Å². The molecule has 0 aromatic rings. The SMILES string of the molecule is CC(=O)N1C[C@@H]2C[C@@H](C(=O)O)O[C@@H]2C1. The molecule has 0 aromatic carbocycles. The Morgan fingerprint density at radius 2 is 2.14 bits per heavy atom. The first kappa shape index (κ1) is 9.45. The molecule has 0 aliphatic carbocycles. The van der Waals surface area contributed by atoms with Crippen LogP contribution in [0.3, 0.4) is 0 Å². The number of carbonyl (C=O) groups is 2. The first-order valence-corrected chi connectivity index (χ1v) is 4.71. The van der Waals surface area contributed by atoms with Gasteiger partial charge in [0, 0.05) is 25.9 Å². The summed E-state index contributed by atoms with van der Waals surface area (Å²) in [6.07, 6.45) is -0.205. The van der Waals surface area contributed by atoms with Crippen molar-refractivity contribution in [3.63, 3.8) is 0 Å². The van der Waals surface area contributed by atoms with Crippen LogP contribution >= 0.6 is 0 Å². The molecule has 2 aliphatic rings. The minimum Gasteiger partial charge on any atom is -0.479 e. The quantitative estimate of drug-likeness (QED) is 0.630. The summed E-state index contributed by atoms with van der Waals surface area (Å²) in [5, 5.41) is 8.74. The summed E-state index contributed by atoms with van der Waals surface area (Å²) in [7, 11) is 0. The molecule has 78 valence electrons. The predicted molar refractivity (Wildman–Crippen MR) is 46.7 cm³/mol. The van der Waals surface area contributed by atoms with Crippen molar-refractivity contribution in [3.8, 4) is 0 Å². The van der Waals surface area contributed by atoms with Gasteiger partial charge in [-0.3, -0.25) is 4.79 Å². The molecule has 1 amide bonds. The molecule has 0 aromatic heterocycles. The lowest BCUT2D eigenvalue weighted by atomic mass is 10.0. The lowest BCUT2D eigenvalue weighted by molar-refractivity contribution is -0.149. The first-order chi connectivity index (χ1) is 6.58. The van der Waals surface area contributed by atoms with Gasteiger partial charge in [0.25, 0.3) is 0 Å². The third kappa shape index (κ3) is 1.48. The minimum atomic E-state index is -0.895. The smallest absolute Gasteiger partial charge is 0.332 e. The largest absolute Gasteiger partial charge is 0.479 e. The highest BCUT2D eigenvalue weighted by Gasteiger charge is 2.45. The van der Waals surface area contributed by atoms with Gasteiger partial charge >= 0.3 is 5.97 Å². The molecule has 1 N–H and O–H groups in total. The van der Waals surface area contributed by atoms with Crippen molar-refractivity contribution in [1.29, 1.82) is 0 Å². The molecule has 0 spiro atoms. The summed E-state index contributed by atoms with van der Waals surface area (Å²) in [5.41, 5.74) is 0. The average molecular weight is 199 g/mol. The number of likely N-dealkylation sites (tertiary alicyclic amines) is 1. The molecule has 2 rings (SSSR count). The van der Waals surface area contributed by atoms with Crippen LogP contribution in [-0.4, -0.2) is 47.2 Å². The Balaban J connectivity index is 1.96. The highest BCUT2D eigenvalue weighted by Crippen LogP contribution is 2.32. The second-order valence-electron chi connectivity index (χ2n) is 3.92. The fourth-order valence-corrected chi connectivity index (χ4v) is 2.18. The molecule has 0 unspecified atom stereocenters. The molecule has 0 radical (unpaired) electrons. The van der Waals surface area contributed by atoms with E-state index in [1.165, 1.54) is 6.92 Å². The summed E-state index contributed by atoms with van der Waals surface area (Å²) in [6, 6.07) is 0. The van der Waals surface area contributed by atoms with E-state index in [-0.39, 0.29) is 17.9 Å². The van der Waals surface area contributed by atoms with E-state index >= 15 is 0 Å². The monoisotopic (exact) mass is 199 g/mol. The maximum absolute atomic E-state index is 11.0. The number of carbonyl (C=O) groups excluding carboxylic acids is 1. The molecular formula is C9H13NO4. The van der Waals surface area contributed by atoms with E-state index in [4.69, 9.17) is 9.84 Å². The van der Waals surface area contributed by atoms with E-state index in [0.717, 1.165) is 0 Å². The first-order valence-electron chi connectivity index (χ1n) is 4.71. The van der Waals surface area contributed by atoms with Crippen LogP contribution in [0.5, 0.6) is 0 Å². The van der Waals surface area contributed by atoms with E-state index in [0.29, 0.717) is 19.5 Å². The molecule has 0 bridgehead atoms. The second kappa shape index (κ2) is 3.24. The Labute approximate surface area is 81.6 Å². The van der Waals surface area contributed by atoms with E-state index in [9.17, 15) is 9.59 Å². The second-order valence-corrected chi connectivity index (χ2v) is 3.92. The third-order valence-corrected chi connectivity index (χ3v) is 2.96. The summed E-state index contributed by atoms with van der Waals surface area (Å²) in [5.74, 6) is -0.649. The Bertz CT molecular complexity index is 238. The van der Waals surface area contributed by atoms with Crippen LogP contribution in [-0.2, 0) is 14.3 Å². The summed E-state index contributed by atoms with van der Waals surface area (Å²) >= 11 is 0. The molecule has 3 atom stereocenters. The van der Waals surface area contributed by atoms with Crippen molar-refractivity contribution in [2.75, 3.05) is 13.1 Å². The van der Waals surface area contributed by atoms with Gasteiger partial charge in [-0.1, -0.05) is 0 Å². The van der Waals surface area contributed by atoms with E-state index in [2.05, 4.69) is 0 Å². The van der Waals surface area contributed by atoms with Crippen molar-refractivity contribution in [2.45, 2.75) is 25.6 Å². The van der Waals surface area contributed by atoms with Crippen LogP contribution in [0.2, 0.25) is 0 Å². The zero-order valence-electron chi connectivity index (χ0n) is 7.97. The highest BCUT2D eigenvalue weighted by atomic mass is 16.5. The zero-order chi connectivity index (χ0) is 10.3. The van der Waals surface area contributed by atoms with Gasteiger partial charge in [0.05, 0.1) is 6.10 Å². The van der Waals surface area contributed by atoms with Gasteiger partial charge in [-0.25, -0.2) is 4.79 Å². The van der Waals surface area contributed by atoms with Crippen LogP contribution in [0.25, 0.3) is 0 Å². The lowest BCUT2D eigenvalue weighted by Crippen LogP contribution is -2.30. The van der Waals surface area contributed by atoms with Gasteiger partial charge in [0.15, 0.2) is 6.10 Å². The normalized spacial score (nSPS) is 35.8. The Morgan fingerprint density at radius 1 is 1.43 bits per heavy atom. The number of nitrogens with zero attached hydrogens (tertiary/aromatic N) is 1. The van der Waals surface area contributed by atoms with Gasteiger partial charge in [-0.15, -0.1) is 0 Å². The Morgan fingerprint density at radius 3 is 2.64 bits per heavy atom. The number of carboxylic acid groups (broad SMARTS) is 1. The number of carboxylic acids is 1. The number of rotatable bonds is 1. The van der Waals surface area contributed by atoms with Crippen molar-refractivity contribution < 1.29 is 19.4 Å². The number of aliphatic carboxylic acids is 1. The standard InChI is InChI=1S/C9H13NO4/c1-5(11)10-3-6-2-7(9(12)13)14-8(6)4-10/h6-8H,2-4H2,1H3,(H,12,13)/t6-,7-,8+/m0/s1.